The van der Waals surface area contributed by atoms with E-state index in [-0.39, 0.29) is 29.9 Å². The number of para-hydroxylation sites is 1. The Balaban J connectivity index is 0.00000341. The number of nitrogens with zero attached hydrogens (tertiary/aromatic N) is 2. The van der Waals surface area contributed by atoms with Gasteiger partial charge in [-0.3, -0.25) is 9.79 Å². The average Bonchev–Trinajstić information content (AvgIpc) is 3.21. The Morgan fingerprint density at radius 1 is 0.968 bits per heavy atom. The van der Waals surface area contributed by atoms with E-state index >= 15 is 0 Å². The molecule has 0 aliphatic rings. The van der Waals surface area contributed by atoms with Gasteiger partial charge in [-0.05, 0) is 48.2 Å². The number of aromatic nitrogens is 1. The number of methoxy groups -OCH3 is 1. The summed E-state index contributed by atoms with van der Waals surface area (Å²) >= 11 is 0. The zero-order valence-corrected chi connectivity index (χ0v) is 20.3. The number of aliphatic imine (C=N–C) groups is 1. The van der Waals surface area contributed by atoms with Crippen LogP contribution in [0.5, 0.6) is 5.75 Å². The lowest BCUT2D eigenvalue weighted by molar-refractivity contribution is 0.0954. The Morgan fingerprint density at radius 3 is 2.42 bits per heavy atom. The summed E-state index contributed by atoms with van der Waals surface area (Å²) in [5.74, 6) is 1.35. The number of aryl methyl sites for hydroxylation is 1. The van der Waals surface area contributed by atoms with Gasteiger partial charge in [0.05, 0.1) is 7.11 Å². The number of guanidine groups is 1. The number of fused-ring (bicyclic) bond motifs is 1. The van der Waals surface area contributed by atoms with Crippen LogP contribution in [0.2, 0.25) is 0 Å². The first-order valence-corrected chi connectivity index (χ1v) is 10.1. The number of halogens is 1. The molecule has 166 valence electrons. The van der Waals surface area contributed by atoms with Gasteiger partial charge in [-0.2, -0.15) is 0 Å². The fourth-order valence-electron chi connectivity index (χ4n) is 3.21. The van der Waals surface area contributed by atoms with Gasteiger partial charge in [0.15, 0.2) is 5.96 Å². The minimum Gasteiger partial charge on any atom is -0.497 e. The van der Waals surface area contributed by atoms with E-state index in [4.69, 9.17) is 4.74 Å². The summed E-state index contributed by atoms with van der Waals surface area (Å²) < 4.78 is 7.37. The summed E-state index contributed by atoms with van der Waals surface area (Å²) in [5.41, 5.74) is 1.86. The molecule has 0 saturated heterocycles. The van der Waals surface area contributed by atoms with E-state index in [0.29, 0.717) is 18.7 Å². The highest BCUT2D eigenvalue weighted by atomic mass is 127. The molecule has 1 amide bonds. The van der Waals surface area contributed by atoms with Crippen molar-refractivity contribution in [2.45, 2.75) is 13.0 Å². The zero-order chi connectivity index (χ0) is 21.2. The molecule has 3 aromatic rings. The number of hydrogen-bond acceptors (Lipinski definition) is 3. The quantitative estimate of drug-likeness (QED) is 0.170. The van der Waals surface area contributed by atoms with Crippen LogP contribution in [0.15, 0.2) is 65.8 Å². The van der Waals surface area contributed by atoms with E-state index in [2.05, 4.69) is 62.0 Å². The molecule has 31 heavy (non-hydrogen) atoms. The van der Waals surface area contributed by atoms with Crippen LogP contribution < -0.4 is 20.7 Å². The lowest BCUT2D eigenvalue weighted by Crippen LogP contribution is -2.41. The monoisotopic (exact) mass is 535 g/mol. The van der Waals surface area contributed by atoms with Crippen LogP contribution in [-0.4, -0.2) is 50.2 Å². The number of carbonyl (C=O) groups is 1. The summed E-state index contributed by atoms with van der Waals surface area (Å²) in [6, 6.07) is 17.6. The van der Waals surface area contributed by atoms with Crippen molar-refractivity contribution in [2.75, 3.05) is 33.8 Å². The highest BCUT2D eigenvalue weighted by molar-refractivity contribution is 14.0. The third-order valence-corrected chi connectivity index (χ3v) is 4.83. The first-order chi connectivity index (χ1) is 14.7. The SMILES string of the molecule is CN=C(NCCCn1ccc2ccccc21)NCCNC(=O)c1ccc(OC)cc1.I. The minimum absolute atomic E-state index is 0. The summed E-state index contributed by atoms with van der Waals surface area (Å²) in [6.45, 7) is 2.84. The molecule has 0 radical (unpaired) electrons. The largest absolute Gasteiger partial charge is 0.497 e. The van der Waals surface area contributed by atoms with Crippen LogP contribution in [0.4, 0.5) is 0 Å². The van der Waals surface area contributed by atoms with Gasteiger partial charge in [-0.25, -0.2) is 0 Å². The highest BCUT2D eigenvalue weighted by Gasteiger charge is 2.05. The summed E-state index contributed by atoms with van der Waals surface area (Å²) in [7, 11) is 3.34. The third-order valence-electron chi connectivity index (χ3n) is 4.83. The van der Waals surface area contributed by atoms with Gasteiger partial charge in [0.1, 0.15) is 5.75 Å². The fourth-order valence-corrected chi connectivity index (χ4v) is 3.21. The second kappa shape index (κ2) is 12.8. The van der Waals surface area contributed by atoms with Crippen molar-refractivity contribution in [1.29, 1.82) is 0 Å². The Hall–Kier alpha value is -2.75. The van der Waals surface area contributed by atoms with Gasteiger partial charge in [0.25, 0.3) is 5.91 Å². The number of nitrogens with one attached hydrogen (secondary N) is 3. The third kappa shape index (κ3) is 7.16. The molecule has 0 aliphatic carbocycles. The fraction of sp³-hybridized carbons (Fsp3) is 0.304. The molecule has 0 bridgehead atoms. The molecule has 3 N–H and O–H groups in total. The van der Waals surface area contributed by atoms with Crippen LogP contribution in [0.3, 0.4) is 0 Å². The van der Waals surface area contributed by atoms with Crippen LogP contribution in [0.25, 0.3) is 10.9 Å². The van der Waals surface area contributed by atoms with E-state index in [0.717, 1.165) is 31.2 Å². The second-order valence-electron chi connectivity index (χ2n) is 6.83. The van der Waals surface area contributed by atoms with Crippen molar-refractivity contribution >= 4 is 46.7 Å². The van der Waals surface area contributed by atoms with E-state index in [9.17, 15) is 4.79 Å². The summed E-state index contributed by atoms with van der Waals surface area (Å²) in [6.07, 6.45) is 3.11. The molecule has 7 nitrogen and oxygen atoms in total. The van der Waals surface area contributed by atoms with Crippen molar-refractivity contribution < 1.29 is 9.53 Å². The predicted molar refractivity (Wildman–Crippen MR) is 137 cm³/mol. The first-order valence-electron chi connectivity index (χ1n) is 10.1. The summed E-state index contributed by atoms with van der Waals surface area (Å²) in [4.78, 5) is 16.4. The van der Waals surface area contributed by atoms with E-state index in [1.165, 1.54) is 10.9 Å². The molecule has 8 heteroatoms. The molecular formula is C23H30IN5O2. The Bertz CT molecular complexity index is 985. The molecule has 2 aromatic carbocycles. The maximum absolute atomic E-state index is 12.1. The molecule has 1 heterocycles. The zero-order valence-electron chi connectivity index (χ0n) is 17.9. The Labute approximate surface area is 200 Å². The minimum atomic E-state index is -0.110. The summed E-state index contributed by atoms with van der Waals surface area (Å²) in [5, 5.41) is 10.7. The van der Waals surface area contributed by atoms with Crippen molar-refractivity contribution in [3.63, 3.8) is 0 Å². The number of rotatable bonds is 9. The molecule has 0 fully saturated rings. The number of benzene rings is 2. The maximum Gasteiger partial charge on any atom is 0.251 e. The number of carbonyl (C=O) groups excluding carboxylic acids is 1. The lowest BCUT2D eigenvalue weighted by Gasteiger charge is -2.13. The molecule has 0 saturated carbocycles. The van der Waals surface area contributed by atoms with Gasteiger partial charge in [0, 0.05) is 50.5 Å². The highest BCUT2D eigenvalue weighted by Crippen LogP contribution is 2.15. The average molecular weight is 535 g/mol. The van der Waals surface area contributed by atoms with E-state index in [1.54, 1.807) is 38.4 Å². The molecule has 0 atom stereocenters. The number of hydrogen-bond donors (Lipinski definition) is 3. The van der Waals surface area contributed by atoms with Crippen molar-refractivity contribution in [2.24, 2.45) is 4.99 Å². The van der Waals surface area contributed by atoms with Gasteiger partial charge in [-0.15, -0.1) is 24.0 Å². The standard InChI is InChI=1S/C23H29N5O2.HI/c1-24-23(26-13-5-16-28-17-12-18-6-3-4-7-21(18)28)27-15-14-25-22(29)19-8-10-20(30-2)11-9-19;/h3-4,6-12,17H,5,13-16H2,1-2H3,(H,25,29)(H2,24,26,27);1H. The first kappa shape index (κ1) is 24.5. The molecule has 3 rings (SSSR count). The van der Waals surface area contributed by atoms with Crippen molar-refractivity contribution in [3.8, 4) is 5.75 Å². The maximum atomic E-state index is 12.1. The Kier molecular flexibility index (Phi) is 10.2. The van der Waals surface area contributed by atoms with Crippen LogP contribution in [0.1, 0.15) is 16.8 Å². The normalized spacial score (nSPS) is 11.0. The van der Waals surface area contributed by atoms with Gasteiger partial charge in [-0.1, -0.05) is 18.2 Å². The molecular weight excluding hydrogens is 505 g/mol. The van der Waals surface area contributed by atoms with Gasteiger partial charge in [0.2, 0.25) is 0 Å². The topological polar surface area (TPSA) is 79.7 Å². The van der Waals surface area contributed by atoms with E-state index < -0.39 is 0 Å². The molecule has 0 aliphatic heterocycles. The van der Waals surface area contributed by atoms with Crippen LogP contribution in [0, 0.1) is 0 Å². The molecule has 1 aromatic heterocycles. The van der Waals surface area contributed by atoms with Gasteiger partial charge >= 0.3 is 0 Å². The predicted octanol–water partition coefficient (Wildman–Crippen LogP) is 3.25. The van der Waals surface area contributed by atoms with Crippen molar-refractivity contribution in [3.05, 3.63) is 66.4 Å². The van der Waals surface area contributed by atoms with E-state index in [1.807, 2.05) is 0 Å². The smallest absolute Gasteiger partial charge is 0.251 e. The number of amides is 1. The second-order valence-corrected chi connectivity index (χ2v) is 6.83. The van der Waals surface area contributed by atoms with Crippen LogP contribution in [-0.2, 0) is 6.54 Å². The molecule has 0 unspecified atom stereocenters. The van der Waals surface area contributed by atoms with Crippen LogP contribution >= 0.6 is 24.0 Å². The lowest BCUT2D eigenvalue weighted by atomic mass is 10.2. The van der Waals surface area contributed by atoms with Crippen molar-refractivity contribution in [1.82, 2.24) is 20.5 Å². The Morgan fingerprint density at radius 2 is 1.68 bits per heavy atom. The number of ether oxygens (including phenoxy) is 1. The molecule has 0 spiro atoms. The van der Waals surface area contributed by atoms with Gasteiger partial charge < -0.3 is 25.3 Å².